The molecule has 0 radical (unpaired) electrons. The number of carbonyl (C=O) groups is 1. The van der Waals surface area contributed by atoms with Gasteiger partial charge in [0, 0.05) is 5.56 Å². The van der Waals surface area contributed by atoms with Gasteiger partial charge in [0.2, 0.25) is 0 Å². The van der Waals surface area contributed by atoms with Crippen molar-refractivity contribution in [3.8, 4) is 29.1 Å². The number of methoxy groups -OCH3 is 1. The molecule has 1 aliphatic rings. The van der Waals surface area contributed by atoms with Gasteiger partial charge in [-0.05, 0) is 24.5 Å². The molecule has 1 unspecified atom stereocenters. The lowest BCUT2D eigenvalue weighted by molar-refractivity contribution is 0.0454. The first kappa shape index (κ1) is 22.0. The molecular weight excluding hydrogens is 433 g/mol. The third-order valence-electron chi connectivity index (χ3n) is 4.68. The van der Waals surface area contributed by atoms with E-state index in [1.165, 1.54) is 13.2 Å². The number of phenols is 1. The fraction of sp³-hybridized carbons (Fsp3) is 0.333. The molecular formula is C21H19Cl2NO6. The second-order valence-electron chi connectivity index (χ2n) is 7.16. The second kappa shape index (κ2) is 8.60. The van der Waals surface area contributed by atoms with E-state index in [-0.39, 0.29) is 56.5 Å². The smallest absolute Gasteiger partial charge is 0.346 e. The van der Waals surface area contributed by atoms with E-state index >= 15 is 0 Å². The van der Waals surface area contributed by atoms with Crippen molar-refractivity contribution in [1.82, 2.24) is 0 Å². The van der Waals surface area contributed by atoms with Gasteiger partial charge in [-0.1, -0.05) is 37.0 Å². The van der Waals surface area contributed by atoms with Crippen LogP contribution in [0.15, 0.2) is 12.1 Å². The van der Waals surface area contributed by atoms with Gasteiger partial charge >= 0.3 is 5.97 Å². The summed E-state index contributed by atoms with van der Waals surface area (Å²) < 4.78 is 16.6. The number of rotatable bonds is 4. The van der Waals surface area contributed by atoms with Crippen LogP contribution < -0.4 is 9.47 Å². The maximum atomic E-state index is 12.8. The zero-order valence-corrected chi connectivity index (χ0v) is 18.0. The van der Waals surface area contributed by atoms with E-state index in [2.05, 4.69) is 0 Å². The second-order valence-corrected chi connectivity index (χ2v) is 7.91. The van der Waals surface area contributed by atoms with Crippen molar-refractivity contribution < 1.29 is 29.2 Å². The Morgan fingerprint density at radius 1 is 1.30 bits per heavy atom. The van der Waals surface area contributed by atoms with Crippen LogP contribution in [0.5, 0.6) is 23.0 Å². The Kier molecular flexibility index (Phi) is 6.32. The Morgan fingerprint density at radius 3 is 2.60 bits per heavy atom. The minimum Gasteiger partial charge on any atom is -0.503 e. The molecule has 0 saturated heterocycles. The zero-order chi connectivity index (χ0) is 22.2. The highest BCUT2D eigenvalue weighted by Gasteiger charge is 2.32. The monoisotopic (exact) mass is 451 g/mol. The molecule has 30 heavy (non-hydrogen) atoms. The molecule has 7 nitrogen and oxygen atoms in total. The molecule has 2 aromatic rings. The number of hydrogen-bond acceptors (Lipinski definition) is 7. The molecule has 0 fully saturated rings. The maximum Gasteiger partial charge on any atom is 0.346 e. The van der Waals surface area contributed by atoms with Crippen LogP contribution in [0, 0.1) is 17.2 Å². The van der Waals surface area contributed by atoms with Crippen LogP contribution in [-0.4, -0.2) is 23.3 Å². The molecule has 0 bridgehead atoms. The van der Waals surface area contributed by atoms with Crippen molar-refractivity contribution in [2.45, 2.75) is 33.0 Å². The van der Waals surface area contributed by atoms with Crippen molar-refractivity contribution in [3.63, 3.8) is 0 Å². The number of fused-ring (bicyclic) bond motifs is 2. The molecule has 0 amide bonds. The van der Waals surface area contributed by atoms with Crippen molar-refractivity contribution in [3.05, 3.63) is 44.4 Å². The van der Waals surface area contributed by atoms with Crippen LogP contribution in [-0.2, 0) is 11.3 Å². The van der Waals surface area contributed by atoms with Gasteiger partial charge in [-0.25, -0.2) is 4.79 Å². The van der Waals surface area contributed by atoms with E-state index in [1.807, 2.05) is 13.8 Å². The highest BCUT2D eigenvalue weighted by atomic mass is 35.5. The molecule has 3 rings (SSSR count). The maximum absolute atomic E-state index is 12.8. The van der Waals surface area contributed by atoms with Gasteiger partial charge in [-0.15, -0.1) is 0 Å². The first-order valence-corrected chi connectivity index (χ1v) is 9.83. The highest BCUT2D eigenvalue weighted by Crippen LogP contribution is 2.49. The minimum atomic E-state index is -0.869. The number of aromatic hydroxyl groups is 1. The Balaban J connectivity index is 2.21. The minimum absolute atomic E-state index is 0.0189. The normalized spacial score (nSPS) is 13.9. The summed E-state index contributed by atoms with van der Waals surface area (Å²) in [4.78, 5) is 12.8. The first-order valence-electron chi connectivity index (χ1n) is 9.08. The average molecular weight is 452 g/mol. The summed E-state index contributed by atoms with van der Waals surface area (Å²) in [6.07, 6.45) is -0.414. The Bertz CT molecular complexity index is 1060. The molecule has 2 N–H and O–H groups in total. The quantitative estimate of drug-likeness (QED) is 0.620. The molecule has 0 saturated carbocycles. The summed E-state index contributed by atoms with van der Waals surface area (Å²) in [5, 5.41) is 30.0. The number of phenolic OH excluding ortho intramolecular Hbond substituents is 1. The van der Waals surface area contributed by atoms with Gasteiger partial charge < -0.3 is 24.4 Å². The van der Waals surface area contributed by atoms with E-state index < -0.39 is 17.8 Å². The van der Waals surface area contributed by atoms with Crippen molar-refractivity contribution >= 4 is 29.2 Å². The third-order valence-corrected chi connectivity index (χ3v) is 5.47. The average Bonchev–Trinajstić information content (AvgIpc) is 2.69. The van der Waals surface area contributed by atoms with E-state index in [1.54, 1.807) is 12.1 Å². The largest absolute Gasteiger partial charge is 0.503 e. The summed E-state index contributed by atoms with van der Waals surface area (Å²) in [7, 11) is 1.37. The molecule has 1 aliphatic heterocycles. The molecule has 1 heterocycles. The zero-order valence-electron chi connectivity index (χ0n) is 16.5. The predicted octanol–water partition coefficient (Wildman–Crippen LogP) is 5.12. The molecule has 9 heteroatoms. The van der Waals surface area contributed by atoms with Crippen molar-refractivity contribution in [2.24, 2.45) is 5.92 Å². The number of ether oxygens (including phenoxy) is 3. The fourth-order valence-corrected chi connectivity index (χ4v) is 3.83. The number of carbonyl (C=O) groups excluding carboxylic acids is 1. The predicted molar refractivity (Wildman–Crippen MR) is 109 cm³/mol. The van der Waals surface area contributed by atoms with Gasteiger partial charge in [-0.3, -0.25) is 0 Å². The van der Waals surface area contributed by atoms with E-state index in [9.17, 15) is 20.3 Å². The fourth-order valence-electron chi connectivity index (χ4n) is 3.28. The summed E-state index contributed by atoms with van der Waals surface area (Å²) in [5.41, 5.74) is 0.322. The number of hydrogen-bond donors (Lipinski definition) is 2. The van der Waals surface area contributed by atoms with Crippen LogP contribution in [0.2, 0.25) is 10.0 Å². The SMILES string of the molecule is COc1c(C(O)CC(C)C)ccc2c1C(=O)OCc1c(Cl)c(C#N)c(Cl)c(O)c1O2. The topological polar surface area (TPSA) is 109 Å². The van der Waals surface area contributed by atoms with Crippen molar-refractivity contribution in [1.29, 1.82) is 5.26 Å². The van der Waals surface area contributed by atoms with Gasteiger partial charge in [0.15, 0.2) is 11.5 Å². The standard InChI is InChI=1S/C21H19Cl2NO6/c1-9(2)6-13(25)10-4-5-14-15(19(10)28-3)21(27)29-8-12-16(22)11(7-24)17(23)18(26)20(12)30-14/h4-5,9,13,25-26H,6,8H2,1-3H3. The van der Waals surface area contributed by atoms with Gasteiger partial charge in [0.05, 0.1) is 29.4 Å². The van der Waals surface area contributed by atoms with Gasteiger partial charge in [0.1, 0.15) is 34.8 Å². The number of halogens is 2. The molecule has 0 aromatic heterocycles. The van der Waals surface area contributed by atoms with Gasteiger partial charge in [0.25, 0.3) is 0 Å². The van der Waals surface area contributed by atoms with Crippen LogP contribution in [0.25, 0.3) is 0 Å². The first-order chi connectivity index (χ1) is 14.2. The number of cyclic esters (lactones) is 1. The molecule has 0 aliphatic carbocycles. The van der Waals surface area contributed by atoms with Gasteiger partial charge in [-0.2, -0.15) is 5.26 Å². The van der Waals surface area contributed by atoms with Crippen LogP contribution in [0.3, 0.4) is 0 Å². The number of benzene rings is 2. The number of nitriles is 1. The Morgan fingerprint density at radius 2 is 2.00 bits per heavy atom. The number of aliphatic hydroxyl groups is 1. The van der Waals surface area contributed by atoms with Crippen LogP contribution in [0.4, 0.5) is 0 Å². The van der Waals surface area contributed by atoms with Crippen LogP contribution in [0.1, 0.15) is 53.4 Å². The number of esters is 1. The molecule has 2 aromatic carbocycles. The Hall–Kier alpha value is -2.66. The summed E-state index contributed by atoms with van der Waals surface area (Å²) >= 11 is 12.3. The van der Waals surface area contributed by atoms with E-state index in [4.69, 9.17) is 37.4 Å². The highest BCUT2D eigenvalue weighted by molar-refractivity contribution is 6.38. The number of aliphatic hydroxyl groups excluding tert-OH is 1. The molecule has 158 valence electrons. The number of nitrogens with zero attached hydrogens (tertiary/aromatic N) is 1. The molecule has 1 atom stereocenters. The Labute approximate surface area is 183 Å². The van der Waals surface area contributed by atoms with E-state index in [0.29, 0.717) is 12.0 Å². The van der Waals surface area contributed by atoms with E-state index in [0.717, 1.165) is 0 Å². The van der Waals surface area contributed by atoms with Crippen LogP contribution >= 0.6 is 23.2 Å². The third kappa shape index (κ3) is 3.74. The lowest BCUT2D eigenvalue weighted by Gasteiger charge is -2.24. The summed E-state index contributed by atoms with van der Waals surface area (Å²) in [5.74, 6) is -1.06. The summed E-state index contributed by atoms with van der Waals surface area (Å²) in [6, 6.07) is 4.84. The lowest BCUT2D eigenvalue weighted by atomic mass is 9.96. The molecule has 0 spiro atoms. The summed E-state index contributed by atoms with van der Waals surface area (Å²) in [6.45, 7) is 3.56. The lowest BCUT2D eigenvalue weighted by Crippen LogP contribution is -2.15. The van der Waals surface area contributed by atoms with Crippen molar-refractivity contribution in [2.75, 3.05) is 7.11 Å².